The lowest BCUT2D eigenvalue weighted by Crippen LogP contribution is -2.35. The van der Waals surface area contributed by atoms with E-state index in [1.54, 1.807) is 37.1 Å². The van der Waals surface area contributed by atoms with Crippen molar-refractivity contribution in [2.75, 3.05) is 10.6 Å². The number of carbonyl (C=O) groups is 2. The first-order valence-electron chi connectivity index (χ1n) is 11.4. The van der Waals surface area contributed by atoms with Crippen molar-refractivity contribution in [2.24, 2.45) is 12.5 Å². The van der Waals surface area contributed by atoms with Crippen molar-refractivity contribution in [1.29, 1.82) is 0 Å². The maximum Gasteiger partial charge on any atom is 0.322 e. The third-order valence-corrected chi connectivity index (χ3v) is 6.07. The van der Waals surface area contributed by atoms with Gasteiger partial charge in [0.25, 0.3) is 0 Å². The fourth-order valence-electron chi connectivity index (χ4n) is 3.77. The molecule has 2 aromatic carbocycles. The molecule has 0 aliphatic heterocycles. The lowest BCUT2D eigenvalue weighted by Gasteiger charge is -2.17. The predicted molar refractivity (Wildman–Crippen MR) is 131 cm³/mol. The minimum Gasteiger partial charge on any atom is -0.424 e. The largest absolute Gasteiger partial charge is 0.424 e. The molecule has 2 amide bonds. The molecule has 0 saturated heterocycles. The Labute approximate surface area is 210 Å². The Morgan fingerprint density at radius 3 is 2.46 bits per heavy atom. The maximum absolute atomic E-state index is 14.8. The molecular formula is C26H22F2N6O3. The fraction of sp³-hybridized carbons (Fsp3) is 0.192. The third-order valence-electron chi connectivity index (χ3n) is 6.07. The van der Waals surface area contributed by atoms with Gasteiger partial charge in [0.2, 0.25) is 11.8 Å². The molecule has 0 bridgehead atoms. The van der Waals surface area contributed by atoms with E-state index in [1.165, 1.54) is 42.6 Å². The highest BCUT2D eigenvalue weighted by Gasteiger charge is 2.56. The molecule has 9 nitrogen and oxygen atoms in total. The normalized spacial score (nSPS) is 13.6. The molecule has 0 radical (unpaired) electrons. The van der Waals surface area contributed by atoms with Crippen molar-refractivity contribution < 1.29 is 23.1 Å². The number of hydrogen-bond donors (Lipinski definition) is 2. The summed E-state index contributed by atoms with van der Waals surface area (Å²) in [6.07, 6.45) is 5.59. The summed E-state index contributed by atoms with van der Waals surface area (Å²) in [5.41, 5.74) is 0.696. The molecule has 2 heterocycles. The molecule has 1 fully saturated rings. The second-order valence-corrected chi connectivity index (χ2v) is 8.82. The number of aryl methyl sites for hydroxylation is 2. The molecular weight excluding hydrogens is 482 g/mol. The van der Waals surface area contributed by atoms with Gasteiger partial charge >= 0.3 is 6.01 Å². The first-order valence-corrected chi connectivity index (χ1v) is 11.4. The summed E-state index contributed by atoms with van der Waals surface area (Å²) in [6, 6.07) is 9.49. The average molecular weight is 504 g/mol. The highest BCUT2D eigenvalue weighted by atomic mass is 19.1. The van der Waals surface area contributed by atoms with Crippen molar-refractivity contribution in [1.82, 2.24) is 19.7 Å². The summed E-state index contributed by atoms with van der Waals surface area (Å²) in [7, 11) is 1.79. The van der Waals surface area contributed by atoms with Crippen molar-refractivity contribution in [2.45, 2.75) is 19.8 Å². The topological polar surface area (TPSA) is 111 Å². The maximum atomic E-state index is 14.8. The lowest BCUT2D eigenvalue weighted by atomic mass is 10.0. The molecule has 1 aliphatic rings. The van der Waals surface area contributed by atoms with Crippen LogP contribution in [-0.4, -0.2) is 31.6 Å². The smallest absolute Gasteiger partial charge is 0.322 e. The van der Waals surface area contributed by atoms with Gasteiger partial charge in [-0.3, -0.25) is 14.3 Å². The van der Waals surface area contributed by atoms with Gasteiger partial charge in [-0.2, -0.15) is 10.1 Å². The number of ether oxygens (including phenoxy) is 1. The van der Waals surface area contributed by atoms with E-state index in [0.29, 0.717) is 29.8 Å². The number of nitrogens with zero attached hydrogens (tertiary/aromatic N) is 4. The Morgan fingerprint density at radius 2 is 1.78 bits per heavy atom. The molecule has 188 valence electrons. The van der Waals surface area contributed by atoms with Gasteiger partial charge in [0.15, 0.2) is 0 Å². The molecule has 4 aromatic rings. The fourth-order valence-corrected chi connectivity index (χ4v) is 3.77. The second kappa shape index (κ2) is 9.41. The zero-order valence-electron chi connectivity index (χ0n) is 20.0. The SMILES string of the molecule is Cc1cc(F)c(NC(=O)C2(C(=O)Nc3ccc(F)cc3)CC2)cc1Oc1nccc(-c2cnn(C)c2)n1. The van der Waals surface area contributed by atoms with E-state index in [4.69, 9.17) is 4.74 Å². The van der Waals surface area contributed by atoms with E-state index in [0.717, 1.165) is 5.56 Å². The first kappa shape index (κ1) is 24.0. The van der Waals surface area contributed by atoms with Crippen LogP contribution >= 0.6 is 0 Å². The number of nitrogens with one attached hydrogen (secondary N) is 2. The lowest BCUT2D eigenvalue weighted by molar-refractivity contribution is -0.131. The van der Waals surface area contributed by atoms with Crippen LogP contribution in [0.3, 0.4) is 0 Å². The highest BCUT2D eigenvalue weighted by Crippen LogP contribution is 2.48. The van der Waals surface area contributed by atoms with E-state index in [-0.39, 0.29) is 17.4 Å². The highest BCUT2D eigenvalue weighted by molar-refractivity contribution is 6.17. The van der Waals surface area contributed by atoms with Gasteiger partial charge in [0.05, 0.1) is 17.6 Å². The Bertz CT molecular complexity index is 1500. The summed E-state index contributed by atoms with van der Waals surface area (Å²) in [6.45, 7) is 1.65. The van der Waals surface area contributed by atoms with Crippen molar-refractivity contribution >= 4 is 23.2 Å². The molecule has 0 spiro atoms. The molecule has 2 aromatic heterocycles. The van der Waals surface area contributed by atoms with Gasteiger partial charge in [0, 0.05) is 36.8 Å². The number of benzene rings is 2. The molecule has 2 N–H and O–H groups in total. The van der Waals surface area contributed by atoms with Crippen LogP contribution in [0.1, 0.15) is 18.4 Å². The summed E-state index contributed by atoms with van der Waals surface area (Å²) in [4.78, 5) is 34.3. The number of rotatable bonds is 7. The Hall–Kier alpha value is -4.67. The van der Waals surface area contributed by atoms with Crippen LogP contribution in [0.5, 0.6) is 11.8 Å². The van der Waals surface area contributed by atoms with Gasteiger partial charge in [0.1, 0.15) is 22.8 Å². The van der Waals surface area contributed by atoms with Crippen molar-refractivity contribution in [3.05, 3.63) is 78.3 Å². The predicted octanol–water partition coefficient (Wildman–Crippen LogP) is 4.61. The average Bonchev–Trinajstić information content (AvgIpc) is 3.58. The van der Waals surface area contributed by atoms with Crippen LogP contribution in [0.15, 0.2) is 61.1 Å². The van der Waals surface area contributed by atoms with Crippen LogP contribution in [0.2, 0.25) is 0 Å². The van der Waals surface area contributed by atoms with Crippen LogP contribution in [0.25, 0.3) is 11.3 Å². The van der Waals surface area contributed by atoms with E-state index >= 15 is 0 Å². The van der Waals surface area contributed by atoms with Gasteiger partial charge < -0.3 is 15.4 Å². The van der Waals surface area contributed by atoms with E-state index in [1.807, 2.05) is 0 Å². The van der Waals surface area contributed by atoms with Crippen molar-refractivity contribution in [3.63, 3.8) is 0 Å². The molecule has 11 heteroatoms. The number of amides is 2. The van der Waals surface area contributed by atoms with Gasteiger partial charge in [-0.15, -0.1) is 0 Å². The number of aromatic nitrogens is 4. The summed E-state index contributed by atoms with van der Waals surface area (Å²) < 4.78 is 35.4. The van der Waals surface area contributed by atoms with E-state index in [9.17, 15) is 18.4 Å². The van der Waals surface area contributed by atoms with Crippen LogP contribution < -0.4 is 15.4 Å². The number of halogens is 2. The first-order chi connectivity index (χ1) is 17.7. The van der Waals surface area contributed by atoms with Crippen LogP contribution in [-0.2, 0) is 16.6 Å². The van der Waals surface area contributed by atoms with Gasteiger partial charge in [-0.05, 0) is 61.7 Å². The third kappa shape index (κ3) is 5.01. The molecule has 1 aliphatic carbocycles. The minimum atomic E-state index is -1.34. The van der Waals surface area contributed by atoms with Crippen LogP contribution in [0, 0.1) is 24.0 Å². The van der Waals surface area contributed by atoms with Gasteiger partial charge in [-0.1, -0.05) is 0 Å². The summed E-state index contributed by atoms with van der Waals surface area (Å²) >= 11 is 0. The molecule has 37 heavy (non-hydrogen) atoms. The molecule has 5 rings (SSSR count). The molecule has 0 unspecified atom stereocenters. The van der Waals surface area contributed by atoms with Gasteiger partial charge in [-0.25, -0.2) is 13.8 Å². The zero-order valence-corrected chi connectivity index (χ0v) is 20.0. The second-order valence-electron chi connectivity index (χ2n) is 8.82. The monoisotopic (exact) mass is 504 g/mol. The summed E-state index contributed by atoms with van der Waals surface area (Å²) in [5.74, 6) is -2.07. The Kier molecular flexibility index (Phi) is 6.12. The quantitative estimate of drug-likeness (QED) is 0.356. The van der Waals surface area contributed by atoms with E-state index < -0.39 is 28.9 Å². The minimum absolute atomic E-state index is 0.0330. The summed E-state index contributed by atoms with van der Waals surface area (Å²) in [5, 5.41) is 9.26. The standard InChI is InChI=1S/C26H22F2N6O3/c1-15-11-19(28)21(12-22(15)37-25-29-10-7-20(33-25)16-13-30-34(2)14-16)32-24(36)26(8-9-26)23(35)31-18-5-3-17(27)4-6-18/h3-7,10-14H,8-9H2,1-2H3,(H,31,35)(H,32,36). The number of carbonyl (C=O) groups excluding carboxylic acids is 2. The molecule has 1 saturated carbocycles. The number of hydrogen-bond acceptors (Lipinski definition) is 6. The zero-order chi connectivity index (χ0) is 26.2. The number of anilines is 2. The Balaban J connectivity index is 1.33. The van der Waals surface area contributed by atoms with E-state index in [2.05, 4.69) is 25.7 Å². The van der Waals surface area contributed by atoms with Crippen LogP contribution in [0.4, 0.5) is 20.2 Å². The Morgan fingerprint density at radius 1 is 1.05 bits per heavy atom. The molecule has 0 atom stereocenters. The van der Waals surface area contributed by atoms with Crippen molar-refractivity contribution in [3.8, 4) is 23.0 Å².